The van der Waals surface area contributed by atoms with Gasteiger partial charge >= 0.3 is 0 Å². The molecular formula is C15H17N3O3. The van der Waals surface area contributed by atoms with Gasteiger partial charge in [-0.25, -0.2) is 0 Å². The van der Waals surface area contributed by atoms with E-state index in [2.05, 4.69) is 10.5 Å². The van der Waals surface area contributed by atoms with Gasteiger partial charge in [-0.1, -0.05) is 29.8 Å². The number of rotatable bonds is 3. The standard InChI is InChI=1S/C15H17N3O3/c16-14(18-20)10-5-3-6-11(10)17-15(19)13-8-9-4-1-2-7-12(9)21-13/h1-2,4,7-8,10-11,20H,3,5-6H2,(H2,16,18)(H,17,19). The molecule has 2 atom stereocenters. The highest BCUT2D eigenvalue weighted by atomic mass is 16.4. The highest BCUT2D eigenvalue weighted by Gasteiger charge is 2.32. The van der Waals surface area contributed by atoms with Crippen molar-refractivity contribution in [1.29, 1.82) is 0 Å². The molecular weight excluding hydrogens is 270 g/mol. The Labute approximate surface area is 121 Å². The molecule has 1 aromatic carbocycles. The lowest BCUT2D eigenvalue weighted by atomic mass is 10.0. The lowest BCUT2D eigenvalue weighted by Gasteiger charge is -2.19. The number of nitrogens with two attached hydrogens (primary N) is 1. The molecule has 2 unspecified atom stereocenters. The van der Waals surface area contributed by atoms with Crippen molar-refractivity contribution in [3.63, 3.8) is 0 Å². The zero-order valence-corrected chi connectivity index (χ0v) is 11.5. The molecule has 1 aliphatic carbocycles. The van der Waals surface area contributed by atoms with Crippen molar-refractivity contribution >= 4 is 22.7 Å². The Morgan fingerprint density at radius 2 is 2.19 bits per heavy atom. The number of amides is 1. The smallest absolute Gasteiger partial charge is 0.287 e. The summed E-state index contributed by atoms with van der Waals surface area (Å²) in [7, 11) is 0. The maximum atomic E-state index is 12.3. The van der Waals surface area contributed by atoms with Crippen LogP contribution in [0.15, 0.2) is 39.9 Å². The molecule has 6 heteroatoms. The molecule has 0 saturated heterocycles. The summed E-state index contributed by atoms with van der Waals surface area (Å²) in [5.74, 6) is 0.0564. The SMILES string of the molecule is NC(=NO)C1CCCC1NC(=O)c1cc2ccccc2o1. The van der Waals surface area contributed by atoms with E-state index in [1.54, 1.807) is 6.07 Å². The molecule has 6 nitrogen and oxygen atoms in total. The van der Waals surface area contributed by atoms with Crippen molar-refractivity contribution < 1.29 is 14.4 Å². The lowest BCUT2D eigenvalue weighted by Crippen LogP contribution is -2.42. The van der Waals surface area contributed by atoms with E-state index in [4.69, 9.17) is 15.4 Å². The molecule has 0 radical (unpaired) electrons. The molecule has 4 N–H and O–H groups in total. The minimum atomic E-state index is -0.270. The average Bonchev–Trinajstić information content (AvgIpc) is 3.12. The Kier molecular flexibility index (Phi) is 3.51. The molecule has 3 rings (SSSR count). The normalized spacial score (nSPS) is 22.6. The fourth-order valence-corrected chi connectivity index (χ4v) is 2.89. The molecule has 1 amide bonds. The second-order valence-electron chi connectivity index (χ2n) is 5.29. The predicted octanol–water partition coefficient (Wildman–Crippen LogP) is 2.08. The van der Waals surface area contributed by atoms with Gasteiger partial charge in [0.15, 0.2) is 5.76 Å². The third-order valence-electron chi connectivity index (χ3n) is 3.98. The van der Waals surface area contributed by atoms with E-state index >= 15 is 0 Å². The van der Waals surface area contributed by atoms with Crippen LogP contribution in [0.5, 0.6) is 0 Å². The second kappa shape index (κ2) is 5.47. The van der Waals surface area contributed by atoms with E-state index in [-0.39, 0.29) is 29.5 Å². The van der Waals surface area contributed by atoms with Crippen molar-refractivity contribution in [3.05, 3.63) is 36.1 Å². The van der Waals surface area contributed by atoms with Gasteiger partial charge in [0.1, 0.15) is 11.4 Å². The Hall–Kier alpha value is -2.50. The Morgan fingerprint density at radius 3 is 2.95 bits per heavy atom. The van der Waals surface area contributed by atoms with Gasteiger partial charge in [-0.2, -0.15) is 0 Å². The van der Waals surface area contributed by atoms with Crippen LogP contribution in [0.3, 0.4) is 0 Å². The van der Waals surface area contributed by atoms with Gasteiger partial charge in [-0.05, 0) is 25.0 Å². The topological polar surface area (TPSA) is 101 Å². The summed E-state index contributed by atoms with van der Waals surface area (Å²) < 4.78 is 5.54. The number of carbonyl (C=O) groups excluding carboxylic acids is 1. The molecule has 2 aromatic rings. The van der Waals surface area contributed by atoms with Crippen molar-refractivity contribution in [2.24, 2.45) is 16.8 Å². The summed E-state index contributed by atoms with van der Waals surface area (Å²) >= 11 is 0. The quantitative estimate of drug-likeness (QED) is 0.348. The number of para-hydroxylation sites is 1. The monoisotopic (exact) mass is 287 g/mol. The number of benzene rings is 1. The van der Waals surface area contributed by atoms with E-state index in [9.17, 15) is 4.79 Å². The molecule has 1 aromatic heterocycles. The van der Waals surface area contributed by atoms with E-state index in [1.807, 2.05) is 24.3 Å². The van der Waals surface area contributed by atoms with Crippen LogP contribution in [-0.2, 0) is 0 Å². The maximum Gasteiger partial charge on any atom is 0.287 e. The van der Waals surface area contributed by atoms with Gasteiger partial charge in [0.2, 0.25) is 0 Å². The van der Waals surface area contributed by atoms with Gasteiger partial charge in [0.05, 0.1) is 0 Å². The zero-order chi connectivity index (χ0) is 14.8. The molecule has 1 saturated carbocycles. The van der Waals surface area contributed by atoms with Gasteiger partial charge in [-0.3, -0.25) is 4.79 Å². The van der Waals surface area contributed by atoms with Crippen LogP contribution in [0.2, 0.25) is 0 Å². The van der Waals surface area contributed by atoms with E-state index in [0.717, 1.165) is 24.6 Å². The summed E-state index contributed by atoms with van der Waals surface area (Å²) in [5.41, 5.74) is 6.35. The zero-order valence-electron chi connectivity index (χ0n) is 11.5. The highest BCUT2D eigenvalue weighted by molar-refractivity contribution is 5.96. The van der Waals surface area contributed by atoms with E-state index in [1.165, 1.54) is 0 Å². The Bertz CT molecular complexity index is 659. The highest BCUT2D eigenvalue weighted by Crippen LogP contribution is 2.26. The van der Waals surface area contributed by atoms with Gasteiger partial charge < -0.3 is 20.7 Å². The predicted molar refractivity (Wildman–Crippen MR) is 78.2 cm³/mol. The lowest BCUT2D eigenvalue weighted by molar-refractivity contribution is 0.0907. The number of hydrogen-bond acceptors (Lipinski definition) is 4. The average molecular weight is 287 g/mol. The summed E-state index contributed by atoms with van der Waals surface area (Å²) in [6, 6.07) is 9.06. The number of fused-ring (bicyclic) bond motifs is 1. The maximum absolute atomic E-state index is 12.3. The fraction of sp³-hybridized carbons (Fsp3) is 0.333. The van der Waals surface area contributed by atoms with Crippen molar-refractivity contribution in [3.8, 4) is 0 Å². The number of nitrogens with zero attached hydrogens (tertiary/aromatic N) is 1. The van der Waals surface area contributed by atoms with Crippen molar-refractivity contribution in [1.82, 2.24) is 5.32 Å². The Balaban J connectivity index is 1.76. The molecule has 0 spiro atoms. The summed E-state index contributed by atoms with van der Waals surface area (Å²) in [4.78, 5) is 12.3. The van der Waals surface area contributed by atoms with Crippen molar-refractivity contribution in [2.45, 2.75) is 25.3 Å². The Morgan fingerprint density at radius 1 is 1.38 bits per heavy atom. The van der Waals surface area contributed by atoms with Gasteiger partial charge in [0, 0.05) is 17.3 Å². The molecule has 0 aliphatic heterocycles. The number of amidine groups is 1. The van der Waals surface area contributed by atoms with E-state index < -0.39 is 0 Å². The first-order chi connectivity index (χ1) is 10.2. The molecule has 21 heavy (non-hydrogen) atoms. The number of oxime groups is 1. The minimum Gasteiger partial charge on any atom is -0.451 e. The molecule has 1 aliphatic rings. The van der Waals surface area contributed by atoms with E-state index in [0.29, 0.717) is 5.58 Å². The first-order valence-corrected chi connectivity index (χ1v) is 6.96. The summed E-state index contributed by atoms with van der Waals surface area (Å²) in [6.45, 7) is 0. The fourth-order valence-electron chi connectivity index (χ4n) is 2.89. The van der Waals surface area contributed by atoms with Crippen LogP contribution in [0.25, 0.3) is 11.0 Å². The van der Waals surface area contributed by atoms with Crippen LogP contribution < -0.4 is 11.1 Å². The van der Waals surface area contributed by atoms with Crippen LogP contribution in [0.4, 0.5) is 0 Å². The second-order valence-corrected chi connectivity index (χ2v) is 5.29. The first kappa shape index (κ1) is 13.5. The number of carbonyl (C=O) groups is 1. The number of hydrogen-bond donors (Lipinski definition) is 3. The molecule has 110 valence electrons. The third-order valence-corrected chi connectivity index (χ3v) is 3.98. The number of nitrogens with one attached hydrogen (secondary N) is 1. The summed E-state index contributed by atoms with van der Waals surface area (Å²) in [6.07, 6.45) is 2.56. The summed E-state index contributed by atoms with van der Waals surface area (Å²) in [5, 5.41) is 15.7. The van der Waals surface area contributed by atoms with Gasteiger partial charge in [0.25, 0.3) is 5.91 Å². The largest absolute Gasteiger partial charge is 0.451 e. The molecule has 1 heterocycles. The van der Waals surface area contributed by atoms with Crippen LogP contribution >= 0.6 is 0 Å². The van der Waals surface area contributed by atoms with Crippen LogP contribution in [-0.4, -0.2) is 23.0 Å². The minimum absolute atomic E-state index is 0.122. The van der Waals surface area contributed by atoms with Crippen LogP contribution in [0, 0.1) is 5.92 Å². The molecule has 0 bridgehead atoms. The van der Waals surface area contributed by atoms with Gasteiger partial charge in [-0.15, -0.1) is 0 Å². The molecule has 1 fully saturated rings. The van der Waals surface area contributed by atoms with Crippen molar-refractivity contribution in [2.75, 3.05) is 0 Å². The van der Waals surface area contributed by atoms with Crippen LogP contribution in [0.1, 0.15) is 29.8 Å². The number of furan rings is 1. The first-order valence-electron chi connectivity index (χ1n) is 6.96. The third kappa shape index (κ3) is 2.56.